The first kappa shape index (κ1) is 21.1. The van der Waals surface area contributed by atoms with Crippen LogP contribution in [-0.2, 0) is 14.3 Å². The van der Waals surface area contributed by atoms with Crippen molar-refractivity contribution in [3.05, 3.63) is 29.3 Å². The molecule has 2 saturated heterocycles. The van der Waals surface area contributed by atoms with Gasteiger partial charge in [-0.2, -0.15) is 0 Å². The van der Waals surface area contributed by atoms with Crippen LogP contribution in [0.5, 0.6) is 5.75 Å². The molecule has 2 bridgehead atoms. The normalized spacial score (nSPS) is 33.1. The molecule has 1 saturated carbocycles. The molecule has 6 heteroatoms. The zero-order valence-corrected chi connectivity index (χ0v) is 18.6. The third kappa shape index (κ3) is 4.57. The molecule has 0 N–H and O–H groups in total. The number of hydrogen-bond donors (Lipinski definition) is 0. The number of ether oxygens (including phenoxy) is 3. The van der Waals surface area contributed by atoms with Gasteiger partial charge in [0.2, 0.25) is 0 Å². The van der Waals surface area contributed by atoms with E-state index in [0.717, 1.165) is 69.5 Å². The van der Waals surface area contributed by atoms with Gasteiger partial charge in [-0.25, -0.2) is 4.99 Å². The molecule has 1 aromatic carbocycles. The summed E-state index contributed by atoms with van der Waals surface area (Å²) < 4.78 is 18.3. The van der Waals surface area contributed by atoms with Crippen LogP contribution in [-0.4, -0.2) is 67.7 Å². The molecular formula is C25H34N2O4. The van der Waals surface area contributed by atoms with Crippen LogP contribution in [0.25, 0.3) is 0 Å². The van der Waals surface area contributed by atoms with Gasteiger partial charge in [0.1, 0.15) is 18.5 Å². The van der Waals surface area contributed by atoms with Gasteiger partial charge < -0.3 is 14.2 Å². The van der Waals surface area contributed by atoms with E-state index in [2.05, 4.69) is 35.0 Å². The van der Waals surface area contributed by atoms with Crippen LogP contribution >= 0.6 is 0 Å². The second kappa shape index (κ2) is 9.39. The zero-order chi connectivity index (χ0) is 21.2. The minimum absolute atomic E-state index is 0.0596. The van der Waals surface area contributed by atoms with E-state index in [-0.39, 0.29) is 18.1 Å². The molecule has 1 aliphatic carbocycles. The summed E-state index contributed by atoms with van der Waals surface area (Å²) in [6, 6.07) is 6.48. The van der Waals surface area contributed by atoms with Crippen molar-refractivity contribution in [1.29, 1.82) is 0 Å². The Morgan fingerprint density at radius 1 is 1.06 bits per heavy atom. The molecular weight excluding hydrogens is 392 g/mol. The molecule has 0 spiro atoms. The van der Waals surface area contributed by atoms with Gasteiger partial charge in [-0.15, -0.1) is 0 Å². The molecule has 2 atom stereocenters. The van der Waals surface area contributed by atoms with Crippen molar-refractivity contribution in [3.63, 3.8) is 0 Å². The van der Waals surface area contributed by atoms with Crippen LogP contribution in [0, 0.1) is 6.92 Å². The van der Waals surface area contributed by atoms with Crippen molar-refractivity contribution in [2.75, 3.05) is 32.9 Å². The number of hydrogen-bond acceptors (Lipinski definition) is 5. The highest BCUT2D eigenvalue weighted by molar-refractivity contribution is 6.01. The maximum Gasteiger partial charge on any atom is 0.274 e. The lowest BCUT2D eigenvalue weighted by Gasteiger charge is -2.31. The number of aryl methyl sites for hydroxylation is 1. The summed E-state index contributed by atoms with van der Waals surface area (Å²) in [4.78, 5) is 19.5. The van der Waals surface area contributed by atoms with Gasteiger partial charge in [0.25, 0.3) is 5.91 Å². The van der Waals surface area contributed by atoms with Gasteiger partial charge in [0.05, 0.1) is 18.8 Å². The van der Waals surface area contributed by atoms with E-state index >= 15 is 0 Å². The molecule has 1 unspecified atom stereocenters. The zero-order valence-electron chi connectivity index (χ0n) is 18.6. The Labute approximate surface area is 184 Å². The first-order chi connectivity index (χ1) is 15.2. The maximum atomic E-state index is 12.6. The van der Waals surface area contributed by atoms with Crippen LogP contribution in [0.15, 0.2) is 23.2 Å². The Bertz CT molecular complexity index is 825. The molecule has 4 heterocycles. The average Bonchev–Trinajstić information content (AvgIpc) is 3.43. The first-order valence-electron chi connectivity index (χ1n) is 12.0. The molecule has 4 aliphatic heterocycles. The van der Waals surface area contributed by atoms with Crippen molar-refractivity contribution in [2.24, 2.45) is 4.99 Å². The summed E-state index contributed by atoms with van der Waals surface area (Å²) in [6.45, 7) is 5.82. The first-order valence-corrected chi connectivity index (χ1v) is 12.0. The fourth-order valence-electron chi connectivity index (χ4n) is 5.70. The van der Waals surface area contributed by atoms with Crippen molar-refractivity contribution < 1.29 is 19.0 Å². The summed E-state index contributed by atoms with van der Waals surface area (Å²) in [6.07, 6.45) is 6.92. The standard InChI is InChI=1S/C25H34N2O4/c1-17-4-2-5-22-24(17)18-7-9-19(10-8-18)31-16-21-20(11-12-27(21)13-15-30-22)26-25(28)23-6-3-14-29-23/h2,4-5,18-19,21,23H,3,6-16H2,1H3/t18?,19?,21-,23?/m0/s1. The lowest BCUT2D eigenvalue weighted by molar-refractivity contribution is -0.126. The molecule has 1 amide bonds. The van der Waals surface area contributed by atoms with Crippen LogP contribution in [0.4, 0.5) is 0 Å². The van der Waals surface area contributed by atoms with Crippen LogP contribution in [0.2, 0.25) is 0 Å². The Balaban J connectivity index is 1.36. The van der Waals surface area contributed by atoms with Crippen molar-refractivity contribution in [2.45, 2.75) is 76.0 Å². The van der Waals surface area contributed by atoms with E-state index in [1.807, 2.05) is 0 Å². The maximum absolute atomic E-state index is 12.6. The number of carbonyl (C=O) groups is 1. The number of benzene rings is 1. The van der Waals surface area contributed by atoms with E-state index < -0.39 is 0 Å². The van der Waals surface area contributed by atoms with Crippen LogP contribution in [0.1, 0.15) is 62.0 Å². The molecule has 31 heavy (non-hydrogen) atoms. The highest BCUT2D eigenvalue weighted by Gasteiger charge is 2.35. The summed E-state index contributed by atoms with van der Waals surface area (Å²) in [5, 5.41) is 0. The molecule has 5 aliphatic rings. The van der Waals surface area contributed by atoms with Gasteiger partial charge in [-0.3, -0.25) is 9.69 Å². The monoisotopic (exact) mass is 426 g/mol. The molecule has 168 valence electrons. The number of amides is 1. The van der Waals surface area contributed by atoms with E-state index in [4.69, 9.17) is 14.2 Å². The molecule has 6 rings (SSSR count). The Morgan fingerprint density at radius 2 is 1.94 bits per heavy atom. The number of fused-ring (bicyclic) bond motifs is 5. The lowest BCUT2D eigenvalue weighted by Crippen LogP contribution is -2.41. The molecule has 0 radical (unpaired) electrons. The van der Waals surface area contributed by atoms with Crippen molar-refractivity contribution >= 4 is 11.6 Å². The largest absolute Gasteiger partial charge is 0.492 e. The highest BCUT2D eigenvalue weighted by atomic mass is 16.5. The van der Waals surface area contributed by atoms with Gasteiger partial charge in [0.15, 0.2) is 0 Å². The number of aliphatic imine (C=N–C) groups is 1. The summed E-state index contributed by atoms with van der Waals surface area (Å²) in [5.41, 5.74) is 3.68. The van der Waals surface area contributed by atoms with E-state index in [0.29, 0.717) is 31.8 Å². The van der Waals surface area contributed by atoms with Crippen molar-refractivity contribution in [1.82, 2.24) is 4.90 Å². The Morgan fingerprint density at radius 3 is 2.74 bits per heavy atom. The van der Waals surface area contributed by atoms with E-state index in [1.165, 1.54) is 11.1 Å². The van der Waals surface area contributed by atoms with Crippen LogP contribution in [0.3, 0.4) is 0 Å². The molecule has 3 fully saturated rings. The Hall–Kier alpha value is -1.76. The topological polar surface area (TPSA) is 60.4 Å². The fraction of sp³-hybridized carbons (Fsp3) is 0.680. The fourth-order valence-corrected chi connectivity index (χ4v) is 5.70. The lowest BCUT2D eigenvalue weighted by atomic mass is 9.80. The average molecular weight is 427 g/mol. The number of rotatable bonds is 1. The van der Waals surface area contributed by atoms with Gasteiger partial charge >= 0.3 is 0 Å². The minimum Gasteiger partial charge on any atom is -0.492 e. The van der Waals surface area contributed by atoms with Gasteiger partial charge in [-0.1, -0.05) is 12.1 Å². The summed E-state index contributed by atoms with van der Waals surface area (Å²) in [5.74, 6) is 1.48. The predicted molar refractivity (Wildman–Crippen MR) is 119 cm³/mol. The minimum atomic E-state index is -0.351. The molecule has 1 aromatic rings. The van der Waals surface area contributed by atoms with E-state index in [9.17, 15) is 4.79 Å². The number of nitrogens with zero attached hydrogens (tertiary/aromatic N) is 2. The Kier molecular flexibility index (Phi) is 6.39. The van der Waals surface area contributed by atoms with Gasteiger partial charge in [0, 0.05) is 37.4 Å². The summed E-state index contributed by atoms with van der Waals surface area (Å²) >= 11 is 0. The third-order valence-corrected chi connectivity index (χ3v) is 7.43. The SMILES string of the molecule is Cc1cccc2c1C1CCC(CC1)OC[C@H]1C(=NC(=O)C3CCCO3)CCN1CCO2. The third-order valence-electron chi connectivity index (χ3n) is 7.43. The van der Waals surface area contributed by atoms with Crippen molar-refractivity contribution in [3.8, 4) is 5.75 Å². The quantitative estimate of drug-likeness (QED) is 0.686. The molecule has 6 nitrogen and oxygen atoms in total. The summed E-state index contributed by atoms with van der Waals surface area (Å²) in [7, 11) is 0. The smallest absolute Gasteiger partial charge is 0.274 e. The number of carbonyl (C=O) groups excluding carboxylic acids is 1. The second-order valence-electron chi connectivity index (χ2n) is 9.39. The van der Waals surface area contributed by atoms with Crippen LogP contribution < -0.4 is 4.74 Å². The van der Waals surface area contributed by atoms with E-state index in [1.54, 1.807) is 0 Å². The second-order valence-corrected chi connectivity index (χ2v) is 9.39. The predicted octanol–water partition coefficient (Wildman–Crippen LogP) is 3.65. The molecule has 0 aromatic heterocycles. The van der Waals surface area contributed by atoms with Gasteiger partial charge in [-0.05, 0) is 63.0 Å². The highest BCUT2D eigenvalue weighted by Crippen LogP contribution is 2.40.